The summed E-state index contributed by atoms with van der Waals surface area (Å²) in [6.07, 6.45) is 2.28. The van der Waals surface area contributed by atoms with Crippen molar-refractivity contribution in [3.8, 4) is 0 Å². The van der Waals surface area contributed by atoms with Crippen LogP contribution in [0.3, 0.4) is 0 Å². The van der Waals surface area contributed by atoms with Crippen LogP contribution < -0.4 is 10.6 Å². The first-order valence-corrected chi connectivity index (χ1v) is 10.0. The topological polar surface area (TPSA) is 52.1 Å². The van der Waals surface area contributed by atoms with E-state index in [0.29, 0.717) is 12.1 Å². The fraction of sp³-hybridized carbons (Fsp3) is 0.667. The number of halogens is 1. The zero-order valence-corrected chi connectivity index (χ0v) is 20.2. The molecule has 0 bridgehead atoms. The second-order valence-corrected chi connectivity index (χ2v) is 7.47. The summed E-state index contributed by atoms with van der Waals surface area (Å²) in [6.45, 7) is 8.04. The Hall–Kier alpha value is -0.900. The lowest BCUT2D eigenvalue weighted by Gasteiger charge is -2.38. The normalized spacial score (nSPS) is 20.7. The van der Waals surface area contributed by atoms with E-state index in [1.165, 1.54) is 5.56 Å². The van der Waals surface area contributed by atoms with E-state index in [2.05, 4.69) is 69.7 Å². The van der Waals surface area contributed by atoms with Crippen LogP contribution in [0.4, 0.5) is 0 Å². The fourth-order valence-corrected chi connectivity index (χ4v) is 3.52. The van der Waals surface area contributed by atoms with Crippen LogP contribution in [0.1, 0.15) is 25.3 Å². The Morgan fingerprint density at radius 2 is 2.04 bits per heavy atom. The first-order chi connectivity index (χ1) is 13.1. The summed E-state index contributed by atoms with van der Waals surface area (Å²) < 4.78 is 5.12. The van der Waals surface area contributed by atoms with E-state index >= 15 is 0 Å². The Labute approximate surface area is 188 Å². The van der Waals surface area contributed by atoms with E-state index in [1.54, 1.807) is 7.11 Å². The van der Waals surface area contributed by atoms with Crippen molar-refractivity contribution >= 4 is 29.9 Å². The molecular weight excluding hydrogens is 465 g/mol. The number of methoxy groups -OCH3 is 1. The quantitative estimate of drug-likeness (QED) is 0.308. The second kappa shape index (κ2) is 14.1. The molecule has 0 saturated carbocycles. The van der Waals surface area contributed by atoms with E-state index in [1.807, 2.05) is 7.05 Å². The number of nitrogens with one attached hydrogen (secondary N) is 2. The van der Waals surface area contributed by atoms with Gasteiger partial charge in [-0.2, -0.15) is 0 Å². The van der Waals surface area contributed by atoms with Crippen LogP contribution in [0.15, 0.2) is 35.3 Å². The van der Waals surface area contributed by atoms with Crippen molar-refractivity contribution in [2.24, 2.45) is 4.99 Å². The molecule has 1 aliphatic heterocycles. The highest BCUT2D eigenvalue weighted by Crippen LogP contribution is 2.19. The Balaban J connectivity index is 0.00000392. The summed E-state index contributed by atoms with van der Waals surface area (Å²) in [5.74, 6) is 0.906. The SMILES string of the molecule is CN=C(NCCN(C)CCOC)NC1CCN(Cc2ccccc2)C(C)C1.I. The van der Waals surface area contributed by atoms with Crippen LogP contribution in [0.25, 0.3) is 0 Å². The minimum atomic E-state index is 0. The lowest BCUT2D eigenvalue weighted by Crippen LogP contribution is -2.51. The lowest BCUT2D eigenvalue weighted by molar-refractivity contribution is 0.134. The molecule has 1 aromatic carbocycles. The molecule has 28 heavy (non-hydrogen) atoms. The van der Waals surface area contributed by atoms with Gasteiger partial charge in [-0.05, 0) is 32.4 Å². The number of hydrogen-bond acceptors (Lipinski definition) is 4. The van der Waals surface area contributed by atoms with Crippen LogP contribution >= 0.6 is 24.0 Å². The third-order valence-corrected chi connectivity index (χ3v) is 5.27. The molecule has 0 aliphatic carbocycles. The molecule has 1 saturated heterocycles. The van der Waals surface area contributed by atoms with Gasteiger partial charge in [0.25, 0.3) is 0 Å². The number of nitrogens with zero attached hydrogens (tertiary/aromatic N) is 3. The van der Waals surface area contributed by atoms with Gasteiger partial charge >= 0.3 is 0 Å². The minimum Gasteiger partial charge on any atom is -0.383 e. The maximum atomic E-state index is 5.12. The van der Waals surface area contributed by atoms with Crippen molar-refractivity contribution < 1.29 is 4.74 Å². The number of benzene rings is 1. The minimum absolute atomic E-state index is 0. The van der Waals surface area contributed by atoms with E-state index < -0.39 is 0 Å². The predicted octanol–water partition coefficient (Wildman–Crippen LogP) is 2.40. The Kier molecular flexibility index (Phi) is 12.7. The van der Waals surface area contributed by atoms with Gasteiger partial charge in [0.05, 0.1) is 6.61 Å². The Morgan fingerprint density at radius 1 is 1.29 bits per heavy atom. The highest BCUT2D eigenvalue weighted by atomic mass is 127. The summed E-state index contributed by atoms with van der Waals surface area (Å²) in [5.41, 5.74) is 1.39. The molecule has 1 aromatic rings. The smallest absolute Gasteiger partial charge is 0.191 e. The van der Waals surface area contributed by atoms with Crippen molar-refractivity contribution in [3.05, 3.63) is 35.9 Å². The zero-order chi connectivity index (χ0) is 19.5. The van der Waals surface area contributed by atoms with Crippen molar-refractivity contribution in [1.29, 1.82) is 0 Å². The molecule has 160 valence electrons. The number of hydrogen-bond donors (Lipinski definition) is 2. The Bertz CT molecular complexity index is 557. The number of rotatable bonds is 9. The number of likely N-dealkylation sites (N-methyl/N-ethyl adjacent to an activating group) is 1. The van der Waals surface area contributed by atoms with E-state index in [4.69, 9.17) is 4.74 Å². The summed E-state index contributed by atoms with van der Waals surface area (Å²) >= 11 is 0. The average Bonchev–Trinajstić information content (AvgIpc) is 2.68. The molecule has 1 heterocycles. The zero-order valence-electron chi connectivity index (χ0n) is 17.9. The highest BCUT2D eigenvalue weighted by molar-refractivity contribution is 14.0. The van der Waals surface area contributed by atoms with Gasteiger partial charge in [0.15, 0.2) is 5.96 Å². The highest BCUT2D eigenvalue weighted by Gasteiger charge is 2.25. The number of likely N-dealkylation sites (tertiary alicyclic amines) is 1. The van der Waals surface area contributed by atoms with E-state index in [-0.39, 0.29) is 24.0 Å². The van der Waals surface area contributed by atoms with Crippen molar-refractivity contribution in [2.75, 3.05) is 54.0 Å². The summed E-state index contributed by atoms with van der Waals surface area (Å²) in [4.78, 5) is 9.23. The molecular formula is C21H38IN5O. The summed E-state index contributed by atoms with van der Waals surface area (Å²) in [7, 11) is 5.70. The standard InChI is InChI=1S/C21H37N5O.HI/c1-18-16-20(10-12-26(18)17-19-8-6-5-7-9-19)24-21(22-2)23-11-13-25(3)14-15-27-4;/h5-9,18,20H,10-17H2,1-4H3,(H2,22,23,24);1H. The van der Waals surface area contributed by atoms with Gasteiger partial charge < -0.3 is 20.3 Å². The van der Waals surface area contributed by atoms with Crippen LogP contribution in [0.5, 0.6) is 0 Å². The van der Waals surface area contributed by atoms with Crippen molar-refractivity contribution in [3.63, 3.8) is 0 Å². The second-order valence-electron chi connectivity index (χ2n) is 7.47. The molecule has 0 amide bonds. The van der Waals surface area contributed by atoms with Gasteiger partial charge in [-0.25, -0.2) is 0 Å². The van der Waals surface area contributed by atoms with Crippen molar-refractivity contribution in [2.45, 2.75) is 38.4 Å². The summed E-state index contributed by atoms with van der Waals surface area (Å²) in [6, 6.07) is 11.8. The average molecular weight is 503 g/mol. The first kappa shape index (κ1) is 25.1. The molecule has 0 spiro atoms. The molecule has 0 radical (unpaired) electrons. The van der Waals surface area contributed by atoms with Gasteiger partial charge in [-0.1, -0.05) is 30.3 Å². The number of ether oxygens (including phenoxy) is 1. The maximum Gasteiger partial charge on any atom is 0.191 e. The summed E-state index contributed by atoms with van der Waals surface area (Å²) in [5, 5.41) is 7.04. The molecule has 2 atom stereocenters. The van der Waals surface area contributed by atoms with Gasteiger partial charge in [0.2, 0.25) is 0 Å². The third kappa shape index (κ3) is 9.07. The molecule has 2 rings (SSSR count). The van der Waals surface area contributed by atoms with Gasteiger partial charge in [0.1, 0.15) is 0 Å². The maximum absolute atomic E-state index is 5.12. The van der Waals surface area contributed by atoms with E-state index in [9.17, 15) is 0 Å². The van der Waals surface area contributed by atoms with Gasteiger partial charge in [-0.15, -0.1) is 24.0 Å². The first-order valence-electron chi connectivity index (χ1n) is 10.0. The largest absolute Gasteiger partial charge is 0.383 e. The monoisotopic (exact) mass is 503 g/mol. The van der Waals surface area contributed by atoms with E-state index in [0.717, 1.165) is 58.1 Å². The van der Waals surface area contributed by atoms with Crippen LogP contribution in [-0.4, -0.2) is 81.8 Å². The van der Waals surface area contributed by atoms with Crippen LogP contribution in [0.2, 0.25) is 0 Å². The fourth-order valence-electron chi connectivity index (χ4n) is 3.52. The third-order valence-electron chi connectivity index (χ3n) is 5.27. The van der Waals surface area contributed by atoms with Crippen LogP contribution in [0, 0.1) is 0 Å². The van der Waals surface area contributed by atoms with Crippen LogP contribution in [-0.2, 0) is 11.3 Å². The van der Waals surface area contributed by atoms with Gasteiger partial charge in [-0.3, -0.25) is 9.89 Å². The lowest BCUT2D eigenvalue weighted by atomic mass is 9.97. The number of piperidine rings is 1. The molecule has 6 nitrogen and oxygen atoms in total. The number of guanidine groups is 1. The molecule has 2 unspecified atom stereocenters. The molecule has 1 aliphatic rings. The number of aliphatic imine (C=N–C) groups is 1. The molecule has 7 heteroatoms. The molecule has 2 N–H and O–H groups in total. The van der Waals surface area contributed by atoms with Gasteiger partial charge in [0, 0.05) is 59.0 Å². The Morgan fingerprint density at radius 3 is 2.68 bits per heavy atom. The molecule has 1 fully saturated rings. The van der Waals surface area contributed by atoms with Crippen molar-refractivity contribution in [1.82, 2.24) is 20.4 Å². The predicted molar refractivity (Wildman–Crippen MR) is 129 cm³/mol. The molecule has 0 aromatic heterocycles.